The zero-order chi connectivity index (χ0) is 16.5. The van der Waals surface area contributed by atoms with Crippen LogP contribution in [-0.2, 0) is 26.4 Å². The summed E-state index contributed by atoms with van der Waals surface area (Å²) in [7, 11) is 2.01. The fraction of sp³-hybridized carbons (Fsp3) is 0.278. The van der Waals surface area contributed by atoms with Gasteiger partial charge in [-0.1, -0.05) is 12.1 Å². The van der Waals surface area contributed by atoms with Crippen LogP contribution in [0, 0.1) is 0 Å². The molecule has 0 aliphatic carbocycles. The lowest BCUT2D eigenvalue weighted by Gasteiger charge is -2.29. The summed E-state index contributed by atoms with van der Waals surface area (Å²) in [6.07, 6.45) is 5.25. The lowest BCUT2D eigenvalue weighted by molar-refractivity contribution is 0.473. The van der Waals surface area contributed by atoms with Gasteiger partial charge in [-0.2, -0.15) is 0 Å². The molecule has 1 aliphatic rings. The number of hydrogen-bond donors (Lipinski definition) is 1. The van der Waals surface area contributed by atoms with Crippen LogP contribution in [-0.4, -0.2) is 31.4 Å². The van der Waals surface area contributed by atoms with Gasteiger partial charge >= 0.3 is 0 Å². The van der Waals surface area contributed by atoms with Crippen molar-refractivity contribution in [1.29, 1.82) is 0 Å². The van der Waals surface area contributed by atoms with Crippen LogP contribution in [0.1, 0.15) is 22.5 Å². The highest BCUT2D eigenvalue weighted by molar-refractivity contribution is 5.43. The molecule has 24 heavy (non-hydrogen) atoms. The zero-order valence-corrected chi connectivity index (χ0v) is 13.6. The summed E-state index contributed by atoms with van der Waals surface area (Å²) in [6, 6.07) is 9.57. The average Bonchev–Trinajstić information content (AvgIpc) is 2.96. The van der Waals surface area contributed by atoms with Gasteiger partial charge in [-0.15, -0.1) is 10.2 Å². The highest BCUT2D eigenvalue weighted by Crippen LogP contribution is 2.26. The number of fused-ring (bicyclic) bond motifs is 1. The first-order valence-corrected chi connectivity index (χ1v) is 8.03. The Balaban J connectivity index is 1.56. The van der Waals surface area contributed by atoms with Gasteiger partial charge in [0.2, 0.25) is 5.95 Å². The van der Waals surface area contributed by atoms with E-state index < -0.39 is 0 Å². The van der Waals surface area contributed by atoms with Gasteiger partial charge in [0.15, 0.2) is 0 Å². The van der Waals surface area contributed by atoms with E-state index in [1.54, 1.807) is 12.3 Å². The summed E-state index contributed by atoms with van der Waals surface area (Å²) in [4.78, 5) is 6.39. The van der Waals surface area contributed by atoms with Gasteiger partial charge in [-0.3, -0.25) is 4.98 Å². The Kier molecular flexibility index (Phi) is 3.65. The van der Waals surface area contributed by atoms with Gasteiger partial charge < -0.3 is 14.6 Å². The van der Waals surface area contributed by atoms with Crippen molar-refractivity contribution in [2.45, 2.75) is 19.4 Å². The summed E-state index contributed by atoms with van der Waals surface area (Å²) in [5.74, 6) is 2.14. The first-order valence-electron chi connectivity index (χ1n) is 8.03. The summed E-state index contributed by atoms with van der Waals surface area (Å²) < 4.78 is 2.05. The highest BCUT2D eigenvalue weighted by atomic mass is 16.3. The van der Waals surface area contributed by atoms with E-state index in [9.17, 15) is 5.11 Å². The maximum atomic E-state index is 9.61. The topological polar surface area (TPSA) is 67.1 Å². The Morgan fingerprint density at radius 3 is 2.92 bits per heavy atom. The van der Waals surface area contributed by atoms with E-state index >= 15 is 0 Å². The first kappa shape index (κ1) is 14.7. The van der Waals surface area contributed by atoms with E-state index in [2.05, 4.69) is 24.6 Å². The van der Waals surface area contributed by atoms with Crippen LogP contribution < -0.4 is 4.90 Å². The van der Waals surface area contributed by atoms with Crippen molar-refractivity contribution in [3.8, 4) is 5.75 Å². The van der Waals surface area contributed by atoms with Crippen molar-refractivity contribution in [2.24, 2.45) is 7.05 Å². The number of aromatic nitrogens is 4. The largest absolute Gasteiger partial charge is 0.508 e. The fourth-order valence-corrected chi connectivity index (χ4v) is 3.18. The third-order valence-electron chi connectivity index (χ3n) is 4.51. The Morgan fingerprint density at radius 2 is 2.08 bits per heavy atom. The minimum atomic E-state index is 0.333. The molecule has 6 nitrogen and oxygen atoms in total. The lowest BCUT2D eigenvalue weighted by atomic mass is 10.00. The van der Waals surface area contributed by atoms with E-state index in [4.69, 9.17) is 0 Å². The summed E-state index contributed by atoms with van der Waals surface area (Å²) in [5, 5.41) is 18.4. The standard InChI is InChI=1S/C18H19N5O/c1-22-17(9-13-3-2-7-19-11-13)20-21-18(22)23-8-6-14-10-16(24)5-4-15(14)12-23/h2-5,7,10-11,24H,6,8-9,12H2,1H3. The molecular formula is C18H19N5O. The minimum Gasteiger partial charge on any atom is -0.508 e. The molecule has 0 saturated carbocycles. The van der Waals surface area contributed by atoms with E-state index in [1.807, 2.05) is 37.5 Å². The van der Waals surface area contributed by atoms with Gasteiger partial charge in [-0.05, 0) is 41.3 Å². The molecule has 1 aliphatic heterocycles. The zero-order valence-electron chi connectivity index (χ0n) is 13.6. The second-order valence-corrected chi connectivity index (χ2v) is 6.14. The fourth-order valence-electron chi connectivity index (χ4n) is 3.18. The third-order valence-corrected chi connectivity index (χ3v) is 4.51. The molecule has 0 spiro atoms. The third kappa shape index (κ3) is 2.71. The van der Waals surface area contributed by atoms with Crippen LogP contribution in [0.25, 0.3) is 0 Å². The molecule has 122 valence electrons. The van der Waals surface area contributed by atoms with E-state index in [0.717, 1.165) is 43.3 Å². The van der Waals surface area contributed by atoms with Crippen LogP contribution in [0.4, 0.5) is 5.95 Å². The number of aromatic hydroxyl groups is 1. The number of phenols is 1. The van der Waals surface area contributed by atoms with Crippen molar-refractivity contribution >= 4 is 5.95 Å². The van der Waals surface area contributed by atoms with E-state index in [0.29, 0.717) is 5.75 Å². The quantitative estimate of drug-likeness (QED) is 0.800. The number of anilines is 1. The van der Waals surface area contributed by atoms with Gasteiger partial charge in [0, 0.05) is 39.0 Å². The minimum absolute atomic E-state index is 0.333. The molecular weight excluding hydrogens is 302 g/mol. The van der Waals surface area contributed by atoms with E-state index in [1.165, 1.54) is 11.1 Å². The van der Waals surface area contributed by atoms with Crippen molar-refractivity contribution in [1.82, 2.24) is 19.7 Å². The Labute approximate surface area is 140 Å². The molecule has 6 heteroatoms. The van der Waals surface area contributed by atoms with Gasteiger partial charge in [0.25, 0.3) is 0 Å². The molecule has 1 aromatic carbocycles. The molecule has 3 heterocycles. The SMILES string of the molecule is Cn1c(Cc2cccnc2)nnc1N1CCc2cc(O)ccc2C1. The average molecular weight is 321 g/mol. The first-order chi connectivity index (χ1) is 11.7. The predicted molar refractivity (Wildman–Crippen MR) is 90.9 cm³/mol. The molecule has 0 amide bonds. The monoisotopic (exact) mass is 321 g/mol. The lowest BCUT2D eigenvalue weighted by Crippen LogP contribution is -2.32. The van der Waals surface area contributed by atoms with Crippen molar-refractivity contribution < 1.29 is 5.11 Å². The second-order valence-electron chi connectivity index (χ2n) is 6.14. The second kappa shape index (κ2) is 5.96. The van der Waals surface area contributed by atoms with Crippen LogP contribution in [0.15, 0.2) is 42.7 Å². The predicted octanol–water partition coefficient (Wildman–Crippen LogP) is 2.07. The number of phenolic OH excluding ortho intramolecular Hbond substituents is 1. The smallest absolute Gasteiger partial charge is 0.227 e. The molecule has 0 fully saturated rings. The summed E-state index contributed by atoms with van der Waals surface area (Å²) in [5.41, 5.74) is 3.57. The number of rotatable bonds is 3. The number of hydrogen-bond acceptors (Lipinski definition) is 5. The van der Waals surface area contributed by atoms with Crippen LogP contribution in [0.5, 0.6) is 5.75 Å². The van der Waals surface area contributed by atoms with Crippen molar-refractivity contribution in [3.63, 3.8) is 0 Å². The number of benzene rings is 1. The molecule has 3 aromatic rings. The number of nitrogens with zero attached hydrogens (tertiary/aromatic N) is 5. The Hall–Kier alpha value is -2.89. The van der Waals surface area contributed by atoms with Crippen LogP contribution >= 0.6 is 0 Å². The van der Waals surface area contributed by atoms with Crippen molar-refractivity contribution in [2.75, 3.05) is 11.4 Å². The Bertz CT molecular complexity index is 859. The van der Waals surface area contributed by atoms with Crippen LogP contribution in [0.3, 0.4) is 0 Å². The molecule has 0 atom stereocenters. The van der Waals surface area contributed by atoms with Gasteiger partial charge in [0.1, 0.15) is 11.6 Å². The number of pyridine rings is 1. The maximum absolute atomic E-state index is 9.61. The molecule has 4 rings (SSSR count). The molecule has 0 saturated heterocycles. The van der Waals surface area contributed by atoms with Gasteiger partial charge in [0.05, 0.1) is 0 Å². The molecule has 2 aromatic heterocycles. The summed E-state index contributed by atoms with van der Waals surface area (Å²) >= 11 is 0. The normalized spacial score (nSPS) is 13.8. The maximum Gasteiger partial charge on any atom is 0.227 e. The molecule has 0 bridgehead atoms. The van der Waals surface area contributed by atoms with E-state index in [-0.39, 0.29) is 0 Å². The van der Waals surface area contributed by atoms with Crippen LogP contribution in [0.2, 0.25) is 0 Å². The van der Waals surface area contributed by atoms with Crippen molar-refractivity contribution in [3.05, 3.63) is 65.2 Å². The summed E-state index contributed by atoms with van der Waals surface area (Å²) in [6.45, 7) is 1.66. The molecule has 1 N–H and O–H groups in total. The molecule has 0 radical (unpaired) electrons. The van der Waals surface area contributed by atoms with Gasteiger partial charge in [-0.25, -0.2) is 0 Å². The Morgan fingerprint density at radius 1 is 1.17 bits per heavy atom. The highest BCUT2D eigenvalue weighted by Gasteiger charge is 2.21. The molecule has 0 unspecified atom stereocenters.